The highest BCUT2D eigenvalue weighted by Gasteiger charge is 2.03. The van der Waals surface area contributed by atoms with Crippen LogP contribution in [0.2, 0.25) is 0 Å². The summed E-state index contributed by atoms with van der Waals surface area (Å²) in [5, 5.41) is 3.25. The first-order chi connectivity index (χ1) is 8.79. The fraction of sp³-hybridized carbons (Fsp3) is 0.200. The van der Waals surface area contributed by atoms with Gasteiger partial charge in [-0.3, -0.25) is 0 Å². The Bertz CT molecular complexity index is 499. The fourth-order valence-corrected chi connectivity index (χ4v) is 1.80. The Morgan fingerprint density at radius 2 is 1.89 bits per heavy atom. The Labute approximate surface area is 106 Å². The Balaban J connectivity index is 1.94. The molecule has 0 aliphatic rings. The summed E-state index contributed by atoms with van der Waals surface area (Å²) < 4.78 is 18.1. The van der Waals surface area contributed by atoms with Gasteiger partial charge in [0.05, 0.1) is 12.8 Å². The van der Waals surface area contributed by atoms with E-state index >= 15 is 0 Å². The van der Waals surface area contributed by atoms with Crippen LogP contribution < -0.4 is 10.1 Å². The van der Waals surface area contributed by atoms with Crippen LogP contribution in [0.4, 0.5) is 10.1 Å². The lowest BCUT2D eigenvalue weighted by Crippen LogP contribution is -2.06. The van der Waals surface area contributed by atoms with E-state index in [0.717, 1.165) is 18.7 Å². The van der Waals surface area contributed by atoms with Gasteiger partial charge in [-0.25, -0.2) is 4.39 Å². The van der Waals surface area contributed by atoms with Crippen LogP contribution >= 0.6 is 0 Å². The van der Waals surface area contributed by atoms with Crippen LogP contribution in [0.15, 0.2) is 48.5 Å². The van der Waals surface area contributed by atoms with Crippen LogP contribution in [0.1, 0.15) is 5.56 Å². The van der Waals surface area contributed by atoms with E-state index in [4.69, 9.17) is 4.74 Å². The van der Waals surface area contributed by atoms with Gasteiger partial charge in [0.25, 0.3) is 0 Å². The van der Waals surface area contributed by atoms with Gasteiger partial charge in [0.2, 0.25) is 0 Å². The van der Waals surface area contributed by atoms with Crippen LogP contribution in [-0.2, 0) is 6.42 Å². The van der Waals surface area contributed by atoms with Crippen molar-refractivity contribution in [1.29, 1.82) is 0 Å². The molecule has 1 N–H and O–H groups in total. The van der Waals surface area contributed by atoms with Gasteiger partial charge in [-0.2, -0.15) is 0 Å². The third-order valence-electron chi connectivity index (χ3n) is 2.74. The molecule has 0 saturated heterocycles. The molecule has 0 saturated carbocycles. The molecule has 0 amide bonds. The van der Waals surface area contributed by atoms with Crippen molar-refractivity contribution >= 4 is 5.69 Å². The van der Waals surface area contributed by atoms with Crippen molar-refractivity contribution in [1.82, 2.24) is 0 Å². The molecule has 2 aromatic carbocycles. The molecular formula is C15H16FNO. The molecule has 18 heavy (non-hydrogen) atoms. The summed E-state index contributed by atoms with van der Waals surface area (Å²) in [4.78, 5) is 0. The minimum Gasteiger partial charge on any atom is -0.494 e. The molecule has 94 valence electrons. The summed E-state index contributed by atoms with van der Waals surface area (Å²) >= 11 is 0. The Hall–Kier alpha value is -2.03. The van der Waals surface area contributed by atoms with Crippen molar-refractivity contribution in [2.45, 2.75) is 6.42 Å². The molecule has 2 rings (SSSR count). The average molecular weight is 245 g/mol. The van der Waals surface area contributed by atoms with E-state index < -0.39 is 0 Å². The van der Waals surface area contributed by atoms with Gasteiger partial charge in [-0.05, 0) is 24.1 Å². The zero-order valence-corrected chi connectivity index (χ0v) is 10.3. The van der Waals surface area contributed by atoms with E-state index in [1.165, 1.54) is 24.8 Å². The van der Waals surface area contributed by atoms with E-state index in [-0.39, 0.29) is 5.82 Å². The van der Waals surface area contributed by atoms with Crippen LogP contribution in [0.5, 0.6) is 5.75 Å². The largest absolute Gasteiger partial charge is 0.494 e. The number of nitrogens with one attached hydrogen (secondary N) is 1. The molecule has 2 aromatic rings. The molecule has 0 aromatic heterocycles. The Morgan fingerprint density at radius 1 is 1.11 bits per heavy atom. The van der Waals surface area contributed by atoms with Crippen molar-refractivity contribution in [3.05, 3.63) is 59.9 Å². The molecule has 0 unspecified atom stereocenters. The van der Waals surface area contributed by atoms with Crippen LogP contribution in [-0.4, -0.2) is 13.7 Å². The van der Waals surface area contributed by atoms with Gasteiger partial charge in [0.1, 0.15) is 11.6 Å². The highest BCUT2D eigenvalue weighted by Crippen LogP contribution is 2.24. The summed E-state index contributed by atoms with van der Waals surface area (Å²) in [7, 11) is 1.54. The molecule has 0 spiro atoms. The van der Waals surface area contributed by atoms with Gasteiger partial charge in [-0.1, -0.05) is 30.3 Å². The minimum absolute atomic E-state index is 0.291. The number of rotatable bonds is 5. The predicted molar refractivity (Wildman–Crippen MR) is 71.6 cm³/mol. The summed E-state index contributed by atoms with van der Waals surface area (Å²) in [5.41, 5.74) is 2.08. The summed E-state index contributed by atoms with van der Waals surface area (Å²) in [6, 6.07) is 14.7. The van der Waals surface area contributed by atoms with E-state index in [0.29, 0.717) is 5.75 Å². The van der Waals surface area contributed by atoms with Crippen LogP contribution in [0, 0.1) is 5.82 Å². The normalized spacial score (nSPS) is 10.1. The van der Waals surface area contributed by atoms with Crippen LogP contribution in [0.25, 0.3) is 0 Å². The third-order valence-corrected chi connectivity index (χ3v) is 2.74. The third kappa shape index (κ3) is 3.23. The maximum absolute atomic E-state index is 13.0. The van der Waals surface area contributed by atoms with Crippen LogP contribution in [0.3, 0.4) is 0 Å². The second-order valence-electron chi connectivity index (χ2n) is 4.01. The highest BCUT2D eigenvalue weighted by molar-refractivity contribution is 5.56. The predicted octanol–water partition coefficient (Wildman–Crippen LogP) is 3.49. The van der Waals surface area contributed by atoms with Gasteiger partial charge in [0.15, 0.2) is 0 Å². The lowest BCUT2D eigenvalue weighted by Gasteiger charge is -2.11. The van der Waals surface area contributed by atoms with Crippen molar-refractivity contribution in [3.8, 4) is 5.75 Å². The SMILES string of the molecule is COc1cc(F)ccc1NCCc1ccccc1. The zero-order valence-electron chi connectivity index (χ0n) is 10.3. The number of hydrogen-bond acceptors (Lipinski definition) is 2. The molecule has 3 heteroatoms. The lowest BCUT2D eigenvalue weighted by molar-refractivity contribution is 0.413. The van der Waals surface area contributed by atoms with Gasteiger partial charge in [0, 0.05) is 12.6 Å². The number of halogens is 1. The molecule has 0 aliphatic carbocycles. The number of anilines is 1. The number of methoxy groups -OCH3 is 1. The summed E-state index contributed by atoms with van der Waals surface area (Å²) in [6.45, 7) is 0.784. The number of benzene rings is 2. The second-order valence-corrected chi connectivity index (χ2v) is 4.01. The molecule has 0 radical (unpaired) electrons. The second kappa shape index (κ2) is 6.05. The minimum atomic E-state index is -0.291. The van der Waals surface area contributed by atoms with Gasteiger partial charge in [-0.15, -0.1) is 0 Å². The van der Waals surface area contributed by atoms with Gasteiger partial charge >= 0.3 is 0 Å². The summed E-state index contributed by atoms with van der Waals surface area (Å²) in [5.74, 6) is 0.239. The topological polar surface area (TPSA) is 21.3 Å². The Kier molecular flexibility index (Phi) is 4.18. The molecule has 0 fully saturated rings. The molecule has 0 bridgehead atoms. The molecule has 0 aliphatic heterocycles. The molecule has 0 heterocycles. The van der Waals surface area contributed by atoms with Crippen molar-refractivity contribution < 1.29 is 9.13 Å². The standard InChI is InChI=1S/C15H16FNO/c1-18-15-11-13(16)7-8-14(15)17-10-9-12-5-3-2-4-6-12/h2-8,11,17H,9-10H2,1H3. The van der Waals surface area contributed by atoms with E-state index in [1.807, 2.05) is 18.2 Å². The fourth-order valence-electron chi connectivity index (χ4n) is 1.80. The number of ether oxygens (including phenoxy) is 1. The first-order valence-corrected chi connectivity index (χ1v) is 5.91. The molecular weight excluding hydrogens is 229 g/mol. The Morgan fingerprint density at radius 3 is 2.61 bits per heavy atom. The first-order valence-electron chi connectivity index (χ1n) is 5.91. The van der Waals surface area contributed by atoms with E-state index in [1.54, 1.807) is 6.07 Å². The van der Waals surface area contributed by atoms with Crippen molar-refractivity contribution in [2.75, 3.05) is 19.0 Å². The first kappa shape index (κ1) is 12.4. The quantitative estimate of drug-likeness (QED) is 0.870. The highest BCUT2D eigenvalue weighted by atomic mass is 19.1. The molecule has 0 atom stereocenters. The monoisotopic (exact) mass is 245 g/mol. The average Bonchev–Trinajstić information content (AvgIpc) is 2.41. The lowest BCUT2D eigenvalue weighted by atomic mass is 10.1. The molecule has 2 nitrogen and oxygen atoms in total. The zero-order chi connectivity index (χ0) is 12.8. The maximum atomic E-state index is 13.0. The van der Waals surface area contributed by atoms with E-state index in [9.17, 15) is 4.39 Å². The smallest absolute Gasteiger partial charge is 0.144 e. The van der Waals surface area contributed by atoms with Crippen molar-refractivity contribution in [3.63, 3.8) is 0 Å². The van der Waals surface area contributed by atoms with E-state index in [2.05, 4.69) is 17.4 Å². The van der Waals surface area contributed by atoms with Gasteiger partial charge < -0.3 is 10.1 Å². The van der Waals surface area contributed by atoms with Crippen molar-refractivity contribution in [2.24, 2.45) is 0 Å². The summed E-state index contributed by atoms with van der Waals surface area (Å²) in [6.07, 6.45) is 0.918. The maximum Gasteiger partial charge on any atom is 0.144 e. The number of hydrogen-bond donors (Lipinski definition) is 1.